The SMILES string of the molecule is C[N+]1(CCOc2nn3c4c(ccc3c2N)CCC4)CCOCC1.[Cl-]. The quantitative estimate of drug-likeness (QED) is 0.664. The first-order valence-corrected chi connectivity index (χ1v) is 8.49. The number of anilines is 1. The first-order chi connectivity index (χ1) is 11.2. The normalized spacial score (nSPS) is 19.0. The standard InChI is InChI=1S/C17H25N4O2.ClH/c1-21(7-10-22-11-8-21)9-12-23-17-16(18)15-6-5-13-3-2-4-14(13)20(15)19-17;/h5-6H,2-4,7-12,18H2,1H3;1H/q+1;/p-1. The zero-order valence-electron chi connectivity index (χ0n) is 14.1. The van der Waals surface area contributed by atoms with Crippen molar-refractivity contribution >= 4 is 11.2 Å². The number of nitrogens with two attached hydrogens (primary N) is 1. The lowest BCUT2D eigenvalue weighted by Gasteiger charge is -2.37. The molecule has 2 aliphatic rings. The minimum atomic E-state index is 0. The van der Waals surface area contributed by atoms with E-state index < -0.39 is 0 Å². The molecular formula is C17H25ClN4O2. The molecule has 6 nitrogen and oxygen atoms in total. The second-order valence-electron chi connectivity index (χ2n) is 6.93. The molecule has 0 radical (unpaired) electrons. The minimum absolute atomic E-state index is 0. The number of pyridine rings is 1. The highest BCUT2D eigenvalue weighted by Gasteiger charge is 2.25. The number of hydrogen-bond donors (Lipinski definition) is 1. The molecule has 7 heteroatoms. The topological polar surface area (TPSA) is 61.8 Å². The highest BCUT2D eigenvalue weighted by atomic mass is 35.5. The van der Waals surface area contributed by atoms with Crippen LogP contribution in [0, 0.1) is 0 Å². The molecule has 24 heavy (non-hydrogen) atoms. The maximum absolute atomic E-state index is 6.25. The molecule has 2 N–H and O–H groups in total. The molecule has 0 atom stereocenters. The van der Waals surface area contributed by atoms with E-state index in [-0.39, 0.29) is 12.4 Å². The Morgan fingerprint density at radius 3 is 2.88 bits per heavy atom. The lowest BCUT2D eigenvalue weighted by atomic mass is 10.2. The molecule has 3 heterocycles. The van der Waals surface area contributed by atoms with Gasteiger partial charge in [-0.1, -0.05) is 6.07 Å². The van der Waals surface area contributed by atoms with E-state index in [4.69, 9.17) is 15.2 Å². The lowest BCUT2D eigenvalue weighted by molar-refractivity contribution is -0.916. The van der Waals surface area contributed by atoms with E-state index in [1.807, 2.05) is 4.52 Å². The second-order valence-corrected chi connectivity index (χ2v) is 6.93. The molecule has 0 unspecified atom stereocenters. The Morgan fingerprint density at radius 1 is 1.29 bits per heavy atom. The van der Waals surface area contributed by atoms with Gasteiger partial charge in [-0.15, -0.1) is 5.10 Å². The third-order valence-corrected chi connectivity index (χ3v) is 5.27. The molecule has 1 fully saturated rings. The number of nitrogen functional groups attached to an aromatic ring is 1. The van der Waals surface area contributed by atoms with E-state index in [1.54, 1.807) is 0 Å². The van der Waals surface area contributed by atoms with Gasteiger partial charge >= 0.3 is 0 Å². The molecule has 2 aromatic rings. The Balaban J connectivity index is 0.00000169. The molecule has 0 bridgehead atoms. The number of quaternary nitrogens is 1. The summed E-state index contributed by atoms with van der Waals surface area (Å²) < 4.78 is 14.3. The number of aromatic nitrogens is 2. The van der Waals surface area contributed by atoms with E-state index in [0.717, 1.165) is 55.7 Å². The van der Waals surface area contributed by atoms with Crippen molar-refractivity contribution in [2.75, 3.05) is 52.2 Å². The third-order valence-electron chi connectivity index (χ3n) is 5.27. The number of aryl methyl sites for hydroxylation is 2. The molecule has 0 aromatic carbocycles. The predicted molar refractivity (Wildman–Crippen MR) is 88.7 cm³/mol. The van der Waals surface area contributed by atoms with E-state index in [0.29, 0.717) is 18.2 Å². The van der Waals surface area contributed by atoms with Gasteiger partial charge in [0.1, 0.15) is 31.9 Å². The fraction of sp³-hybridized carbons (Fsp3) is 0.588. The predicted octanol–water partition coefficient (Wildman–Crippen LogP) is -1.74. The zero-order valence-corrected chi connectivity index (χ0v) is 14.9. The summed E-state index contributed by atoms with van der Waals surface area (Å²) in [6.07, 6.45) is 3.41. The van der Waals surface area contributed by atoms with Crippen molar-refractivity contribution in [1.82, 2.24) is 9.61 Å². The molecule has 0 saturated carbocycles. The van der Waals surface area contributed by atoms with Crippen LogP contribution in [0.1, 0.15) is 17.7 Å². The van der Waals surface area contributed by atoms with Crippen LogP contribution in [0.5, 0.6) is 5.88 Å². The van der Waals surface area contributed by atoms with E-state index in [2.05, 4.69) is 24.3 Å². The number of likely N-dealkylation sites (N-methyl/N-ethyl adjacent to an activating group) is 1. The summed E-state index contributed by atoms with van der Waals surface area (Å²) in [7, 11) is 2.26. The van der Waals surface area contributed by atoms with Gasteiger partial charge in [-0.25, -0.2) is 4.52 Å². The Labute approximate surface area is 148 Å². The summed E-state index contributed by atoms with van der Waals surface area (Å²) in [6.45, 7) is 5.33. The molecule has 4 rings (SSSR count). The lowest BCUT2D eigenvalue weighted by Crippen LogP contribution is -3.00. The van der Waals surface area contributed by atoms with Crippen molar-refractivity contribution < 1.29 is 26.4 Å². The van der Waals surface area contributed by atoms with Crippen molar-refractivity contribution in [2.24, 2.45) is 0 Å². The monoisotopic (exact) mass is 352 g/mol. The number of ether oxygens (including phenoxy) is 2. The summed E-state index contributed by atoms with van der Waals surface area (Å²) in [5, 5.41) is 4.63. The molecule has 1 aliphatic carbocycles. The van der Waals surface area contributed by atoms with Crippen LogP contribution in [0.4, 0.5) is 5.69 Å². The first-order valence-electron chi connectivity index (χ1n) is 8.49. The maximum Gasteiger partial charge on any atom is 0.257 e. The molecule has 2 aromatic heterocycles. The minimum Gasteiger partial charge on any atom is -1.00 e. The number of rotatable bonds is 4. The highest BCUT2D eigenvalue weighted by Crippen LogP contribution is 2.30. The number of morpholine rings is 1. The summed E-state index contributed by atoms with van der Waals surface area (Å²) >= 11 is 0. The van der Waals surface area contributed by atoms with Gasteiger partial charge in [0.2, 0.25) is 0 Å². The van der Waals surface area contributed by atoms with Crippen LogP contribution >= 0.6 is 0 Å². The van der Waals surface area contributed by atoms with E-state index in [1.165, 1.54) is 17.7 Å². The van der Waals surface area contributed by atoms with Crippen LogP contribution in [-0.2, 0) is 17.6 Å². The van der Waals surface area contributed by atoms with Crippen LogP contribution < -0.4 is 22.9 Å². The Hall–Kier alpha value is -1.50. The van der Waals surface area contributed by atoms with Crippen LogP contribution in [0.15, 0.2) is 12.1 Å². The molecule has 0 amide bonds. The summed E-state index contributed by atoms with van der Waals surface area (Å²) in [5.41, 5.74) is 10.5. The summed E-state index contributed by atoms with van der Waals surface area (Å²) in [4.78, 5) is 0. The zero-order chi connectivity index (χ0) is 15.9. The van der Waals surface area contributed by atoms with Gasteiger partial charge < -0.3 is 32.1 Å². The molecule has 1 saturated heterocycles. The van der Waals surface area contributed by atoms with Crippen LogP contribution in [0.2, 0.25) is 0 Å². The number of nitrogens with zero attached hydrogens (tertiary/aromatic N) is 3. The fourth-order valence-electron chi connectivity index (χ4n) is 3.62. The Morgan fingerprint density at radius 2 is 2.08 bits per heavy atom. The van der Waals surface area contributed by atoms with Gasteiger partial charge in [0.05, 0.1) is 25.8 Å². The maximum atomic E-state index is 6.25. The van der Waals surface area contributed by atoms with Crippen LogP contribution in [0.25, 0.3) is 5.52 Å². The van der Waals surface area contributed by atoms with Gasteiger partial charge in [-0.05, 0) is 30.9 Å². The van der Waals surface area contributed by atoms with Crippen molar-refractivity contribution in [3.8, 4) is 5.88 Å². The van der Waals surface area contributed by atoms with Crippen LogP contribution in [0.3, 0.4) is 0 Å². The largest absolute Gasteiger partial charge is 1.00 e. The third kappa shape index (κ3) is 3.06. The smallest absolute Gasteiger partial charge is 0.257 e. The van der Waals surface area contributed by atoms with Gasteiger partial charge in [-0.3, -0.25) is 0 Å². The van der Waals surface area contributed by atoms with E-state index >= 15 is 0 Å². The average molecular weight is 353 g/mol. The van der Waals surface area contributed by atoms with Crippen molar-refractivity contribution in [1.29, 1.82) is 0 Å². The van der Waals surface area contributed by atoms with Crippen molar-refractivity contribution in [2.45, 2.75) is 19.3 Å². The number of halogens is 1. The summed E-state index contributed by atoms with van der Waals surface area (Å²) in [5.74, 6) is 0.574. The second kappa shape index (κ2) is 6.78. The molecule has 0 spiro atoms. The van der Waals surface area contributed by atoms with Crippen LogP contribution in [-0.4, -0.2) is 60.6 Å². The van der Waals surface area contributed by atoms with Crippen molar-refractivity contribution in [3.63, 3.8) is 0 Å². The van der Waals surface area contributed by atoms with Crippen molar-refractivity contribution in [3.05, 3.63) is 23.4 Å². The molecular weight excluding hydrogens is 328 g/mol. The van der Waals surface area contributed by atoms with Gasteiger partial charge in [0, 0.05) is 5.69 Å². The number of fused-ring (bicyclic) bond motifs is 3. The summed E-state index contributed by atoms with van der Waals surface area (Å²) in [6, 6.07) is 4.24. The van der Waals surface area contributed by atoms with E-state index in [9.17, 15) is 0 Å². The molecule has 132 valence electrons. The highest BCUT2D eigenvalue weighted by molar-refractivity contribution is 5.75. The van der Waals surface area contributed by atoms with Gasteiger partial charge in [0.25, 0.3) is 5.88 Å². The fourth-order valence-corrected chi connectivity index (χ4v) is 3.62. The number of hydrogen-bond acceptors (Lipinski definition) is 4. The molecule has 1 aliphatic heterocycles. The van der Waals surface area contributed by atoms with Gasteiger partial charge in [-0.2, -0.15) is 0 Å². The Bertz CT molecular complexity index is 725. The average Bonchev–Trinajstić information content (AvgIpc) is 3.13. The van der Waals surface area contributed by atoms with Gasteiger partial charge in [0.15, 0.2) is 0 Å². The first kappa shape index (κ1) is 17.3. The Kier molecular flexibility index (Phi) is 4.90.